The Morgan fingerprint density at radius 3 is 2.70 bits per heavy atom. The maximum absolute atomic E-state index is 4.80. The second-order valence-corrected chi connectivity index (χ2v) is 5.70. The summed E-state index contributed by atoms with van der Waals surface area (Å²) in [5, 5.41) is 3.47. The number of aromatic nitrogens is 2. The van der Waals surface area contributed by atoms with Crippen molar-refractivity contribution in [3.8, 4) is 0 Å². The average molecular weight is 272 g/mol. The third-order valence-electron chi connectivity index (χ3n) is 4.34. The van der Waals surface area contributed by atoms with Gasteiger partial charge in [0.05, 0.1) is 11.0 Å². The first-order valence-electron chi connectivity index (χ1n) is 7.66. The normalized spacial score (nSPS) is 17.0. The van der Waals surface area contributed by atoms with Gasteiger partial charge < -0.3 is 14.8 Å². The van der Waals surface area contributed by atoms with E-state index in [1.807, 2.05) is 0 Å². The summed E-state index contributed by atoms with van der Waals surface area (Å²) in [5.74, 6) is 1.94. The Bertz CT molecular complexity index is 567. The lowest BCUT2D eigenvalue weighted by Gasteiger charge is -2.32. The highest BCUT2D eigenvalue weighted by Gasteiger charge is 2.22. The molecule has 1 aliphatic rings. The smallest absolute Gasteiger partial charge is 0.206 e. The van der Waals surface area contributed by atoms with E-state index in [0.29, 0.717) is 0 Å². The van der Waals surface area contributed by atoms with Gasteiger partial charge in [-0.05, 0) is 44.0 Å². The van der Waals surface area contributed by atoms with Gasteiger partial charge in [0, 0.05) is 20.1 Å². The van der Waals surface area contributed by atoms with Crippen molar-refractivity contribution in [2.75, 3.05) is 31.1 Å². The third kappa shape index (κ3) is 2.52. The van der Waals surface area contributed by atoms with Crippen LogP contribution in [0.2, 0.25) is 0 Å². The number of hydrogen-bond donors (Lipinski definition) is 1. The van der Waals surface area contributed by atoms with Crippen LogP contribution < -0.4 is 10.2 Å². The van der Waals surface area contributed by atoms with Gasteiger partial charge in [0.25, 0.3) is 0 Å². The van der Waals surface area contributed by atoms with Crippen molar-refractivity contribution in [1.29, 1.82) is 0 Å². The van der Waals surface area contributed by atoms with E-state index in [-0.39, 0.29) is 0 Å². The lowest BCUT2D eigenvalue weighted by molar-refractivity contribution is 0.383. The van der Waals surface area contributed by atoms with Crippen LogP contribution in [-0.4, -0.2) is 35.7 Å². The van der Waals surface area contributed by atoms with Crippen LogP contribution in [0.3, 0.4) is 0 Å². The molecule has 0 bridgehead atoms. The number of nitrogens with zero attached hydrogens (tertiary/aromatic N) is 3. The Morgan fingerprint density at radius 1 is 1.25 bits per heavy atom. The Balaban J connectivity index is 1.72. The van der Waals surface area contributed by atoms with Crippen LogP contribution in [0, 0.1) is 5.92 Å². The van der Waals surface area contributed by atoms with Gasteiger partial charge >= 0.3 is 0 Å². The Labute approximate surface area is 120 Å². The number of imidazole rings is 1. The van der Waals surface area contributed by atoms with Gasteiger partial charge in [0.15, 0.2) is 0 Å². The van der Waals surface area contributed by atoms with Crippen LogP contribution in [-0.2, 0) is 7.05 Å². The third-order valence-corrected chi connectivity index (χ3v) is 4.34. The van der Waals surface area contributed by atoms with Crippen molar-refractivity contribution in [2.45, 2.75) is 19.8 Å². The Hall–Kier alpha value is -1.55. The fourth-order valence-corrected chi connectivity index (χ4v) is 3.10. The van der Waals surface area contributed by atoms with Crippen LogP contribution in [0.1, 0.15) is 19.8 Å². The molecule has 1 fully saturated rings. The first-order valence-corrected chi connectivity index (χ1v) is 7.66. The van der Waals surface area contributed by atoms with Crippen LogP contribution >= 0.6 is 0 Å². The van der Waals surface area contributed by atoms with Crippen LogP contribution in [0.4, 0.5) is 5.95 Å². The second kappa shape index (κ2) is 5.83. The zero-order chi connectivity index (χ0) is 13.9. The maximum Gasteiger partial charge on any atom is 0.206 e. The van der Waals surface area contributed by atoms with Gasteiger partial charge in [0.1, 0.15) is 0 Å². The summed E-state index contributed by atoms with van der Waals surface area (Å²) in [6.45, 7) is 6.65. The zero-order valence-corrected chi connectivity index (χ0v) is 12.5. The molecule has 0 spiro atoms. The lowest BCUT2D eigenvalue weighted by Crippen LogP contribution is -2.38. The predicted octanol–water partition coefficient (Wildman–Crippen LogP) is 2.40. The van der Waals surface area contributed by atoms with E-state index in [1.54, 1.807) is 0 Å². The molecule has 0 aliphatic carbocycles. The van der Waals surface area contributed by atoms with E-state index >= 15 is 0 Å². The molecule has 0 atom stereocenters. The molecule has 4 nitrogen and oxygen atoms in total. The molecule has 0 unspecified atom stereocenters. The summed E-state index contributed by atoms with van der Waals surface area (Å²) < 4.78 is 2.22. The van der Waals surface area contributed by atoms with Gasteiger partial charge in [-0.1, -0.05) is 19.1 Å². The van der Waals surface area contributed by atoms with Crippen molar-refractivity contribution in [3.63, 3.8) is 0 Å². The largest absolute Gasteiger partial charge is 0.342 e. The number of aryl methyl sites for hydroxylation is 1. The molecule has 1 saturated heterocycles. The second-order valence-electron chi connectivity index (χ2n) is 5.70. The summed E-state index contributed by atoms with van der Waals surface area (Å²) in [7, 11) is 2.12. The lowest BCUT2D eigenvalue weighted by atomic mass is 9.97. The topological polar surface area (TPSA) is 33.1 Å². The van der Waals surface area contributed by atoms with Gasteiger partial charge in [-0.15, -0.1) is 0 Å². The van der Waals surface area contributed by atoms with E-state index < -0.39 is 0 Å². The van der Waals surface area contributed by atoms with Crippen LogP contribution in [0.25, 0.3) is 11.0 Å². The molecule has 3 rings (SSSR count). The quantitative estimate of drug-likeness (QED) is 0.928. The molecule has 0 saturated carbocycles. The van der Waals surface area contributed by atoms with Gasteiger partial charge in [-0.25, -0.2) is 4.98 Å². The van der Waals surface area contributed by atoms with Gasteiger partial charge in [0.2, 0.25) is 5.95 Å². The number of anilines is 1. The maximum atomic E-state index is 4.80. The van der Waals surface area contributed by atoms with Gasteiger partial charge in [-0.3, -0.25) is 0 Å². The summed E-state index contributed by atoms with van der Waals surface area (Å²) in [4.78, 5) is 7.23. The van der Waals surface area contributed by atoms with Crippen molar-refractivity contribution in [2.24, 2.45) is 13.0 Å². The molecule has 2 aromatic rings. The minimum Gasteiger partial charge on any atom is -0.342 e. The molecule has 1 aliphatic heterocycles. The minimum atomic E-state index is 0.820. The Morgan fingerprint density at radius 2 is 2.00 bits per heavy atom. The van der Waals surface area contributed by atoms with Crippen molar-refractivity contribution in [3.05, 3.63) is 24.3 Å². The van der Waals surface area contributed by atoms with Crippen molar-refractivity contribution in [1.82, 2.24) is 14.9 Å². The van der Waals surface area contributed by atoms with E-state index in [0.717, 1.165) is 43.6 Å². The van der Waals surface area contributed by atoms with E-state index in [2.05, 4.69) is 53.0 Å². The molecular weight excluding hydrogens is 248 g/mol. The molecule has 4 heteroatoms. The summed E-state index contributed by atoms with van der Waals surface area (Å²) in [6.07, 6.45) is 2.52. The van der Waals surface area contributed by atoms with E-state index in [4.69, 9.17) is 4.98 Å². The molecular formula is C16H24N4. The highest BCUT2D eigenvalue weighted by atomic mass is 15.3. The summed E-state index contributed by atoms with van der Waals surface area (Å²) in [6, 6.07) is 8.37. The number of rotatable bonds is 4. The predicted molar refractivity (Wildman–Crippen MR) is 84.2 cm³/mol. The Kier molecular flexibility index (Phi) is 3.92. The number of benzene rings is 1. The summed E-state index contributed by atoms with van der Waals surface area (Å²) in [5.41, 5.74) is 2.32. The highest BCUT2D eigenvalue weighted by molar-refractivity contribution is 5.78. The SMILES string of the molecule is CCNCC1CCN(c2nc3ccccc3n2C)CC1. The first kappa shape index (κ1) is 13.4. The number of para-hydroxylation sites is 2. The minimum absolute atomic E-state index is 0.820. The van der Waals surface area contributed by atoms with E-state index in [9.17, 15) is 0 Å². The number of piperidine rings is 1. The fraction of sp³-hybridized carbons (Fsp3) is 0.562. The molecule has 1 aromatic heterocycles. The molecule has 0 radical (unpaired) electrons. The molecule has 0 amide bonds. The zero-order valence-electron chi connectivity index (χ0n) is 12.5. The summed E-state index contributed by atoms with van der Waals surface area (Å²) >= 11 is 0. The monoisotopic (exact) mass is 272 g/mol. The molecule has 108 valence electrons. The van der Waals surface area contributed by atoms with Crippen molar-refractivity contribution >= 4 is 17.0 Å². The number of hydrogen-bond acceptors (Lipinski definition) is 3. The van der Waals surface area contributed by atoms with Crippen LogP contribution in [0.5, 0.6) is 0 Å². The molecule has 1 N–H and O–H groups in total. The highest BCUT2D eigenvalue weighted by Crippen LogP contribution is 2.25. The molecule has 2 heterocycles. The number of nitrogens with one attached hydrogen (secondary N) is 1. The number of fused-ring (bicyclic) bond motifs is 1. The fourth-order valence-electron chi connectivity index (χ4n) is 3.10. The van der Waals surface area contributed by atoms with Crippen LogP contribution in [0.15, 0.2) is 24.3 Å². The average Bonchev–Trinajstić information content (AvgIpc) is 2.83. The standard InChI is InChI=1S/C16H24N4/c1-3-17-12-13-8-10-20(11-9-13)16-18-14-6-4-5-7-15(14)19(16)2/h4-7,13,17H,3,8-12H2,1-2H3. The van der Waals surface area contributed by atoms with Gasteiger partial charge in [-0.2, -0.15) is 0 Å². The first-order chi connectivity index (χ1) is 9.79. The molecule has 1 aromatic carbocycles. The van der Waals surface area contributed by atoms with Crippen molar-refractivity contribution < 1.29 is 0 Å². The van der Waals surface area contributed by atoms with E-state index in [1.165, 1.54) is 18.4 Å². The molecule has 20 heavy (non-hydrogen) atoms.